The average Bonchev–Trinajstić information content (AvgIpc) is 2.77. The van der Waals surface area contributed by atoms with Gasteiger partial charge in [-0.05, 0) is 18.1 Å². The van der Waals surface area contributed by atoms with E-state index in [1.54, 1.807) is 0 Å². The lowest BCUT2D eigenvalue weighted by Crippen LogP contribution is -2.31. The van der Waals surface area contributed by atoms with Crippen LogP contribution in [0.2, 0.25) is 0 Å². The zero-order chi connectivity index (χ0) is 11.4. The van der Waals surface area contributed by atoms with Gasteiger partial charge in [-0.25, -0.2) is 0 Å². The summed E-state index contributed by atoms with van der Waals surface area (Å²) in [5, 5.41) is 20.4. The summed E-state index contributed by atoms with van der Waals surface area (Å²) in [6.07, 6.45) is 2.75. The number of hydrogen-bond acceptors (Lipinski definition) is 3. The number of rotatable bonds is 5. The molecule has 2 rings (SSSR count). The fraction of sp³-hybridized carbons (Fsp3) is 0.417. The molecular weight excluding hydrogens is 202 g/mol. The highest BCUT2D eigenvalue weighted by molar-refractivity contribution is 5.78. The zero-order valence-corrected chi connectivity index (χ0v) is 9.40. The number of hydrogen-bond donors (Lipinski definition) is 3. The topological polar surface area (TPSA) is 60.9 Å². The Kier molecular flexibility index (Phi) is 3.54. The van der Waals surface area contributed by atoms with E-state index < -0.39 is 0 Å². The summed E-state index contributed by atoms with van der Waals surface area (Å²) < 4.78 is 0. The fourth-order valence-electron chi connectivity index (χ4n) is 1.69. The lowest BCUT2D eigenvalue weighted by Gasteiger charge is -2.13. The predicted molar refractivity (Wildman–Crippen MR) is 64.1 cm³/mol. The van der Waals surface area contributed by atoms with Crippen LogP contribution >= 0.6 is 0 Å². The first-order valence-electron chi connectivity index (χ1n) is 5.59. The quantitative estimate of drug-likeness (QED) is 0.712. The Morgan fingerprint density at radius 1 is 1.50 bits per heavy atom. The van der Waals surface area contributed by atoms with Crippen molar-refractivity contribution in [3.63, 3.8) is 0 Å². The van der Waals surface area contributed by atoms with Crippen molar-refractivity contribution < 1.29 is 5.11 Å². The minimum Gasteiger partial charge on any atom is -0.395 e. The van der Waals surface area contributed by atoms with Crippen LogP contribution in [0.5, 0.6) is 0 Å². The minimum atomic E-state index is 0.178. The molecule has 4 nitrogen and oxygen atoms in total. The van der Waals surface area contributed by atoms with E-state index in [9.17, 15) is 0 Å². The Hall–Kier alpha value is -1.39. The fourth-order valence-corrected chi connectivity index (χ4v) is 1.69. The molecule has 0 aliphatic rings. The van der Waals surface area contributed by atoms with Crippen LogP contribution in [0.15, 0.2) is 24.4 Å². The molecule has 1 aromatic heterocycles. The molecule has 3 N–H and O–H groups in total. The third kappa shape index (κ3) is 2.40. The standard InChI is InChI=1S/C12H17N3O/c1-2-11(8-16)13-6-9-3-4-10-7-14-15-12(10)5-9/h3-5,7,11,13,16H,2,6,8H2,1H3,(H,14,15). The Labute approximate surface area is 94.7 Å². The summed E-state index contributed by atoms with van der Waals surface area (Å²) >= 11 is 0. The van der Waals surface area contributed by atoms with E-state index in [1.807, 2.05) is 6.20 Å². The number of aromatic nitrogens is 2. The van der Waals surface area contributed by atoms with Crippen LogP contribution in [-0.2, 0) is 6.54 Å². The van der Waals surface area contributed by atoms with Crippen LogP contribution in [0.1, 0.15) is 18.9 Å². The summed E-state index contributed by atoms with van der Waals surface area (Å²) in [5.74, 6) is 0. The number of fused-ring (bicyclic) bond motifs is 1. The van der Waals surface area contributed by atoms with E-state index in [0.717, 1.165) is 23.9 Å². The van der Waals surface area contributed by atoms with E-state index in [4.69, 9.17) is 5.11 Å². The van der Waals surface area contributed by atoms with Crippen molar-refractivity contribution in [2.45, 2.75) is 25.9 Å². The van der Waals surface area contributed by atoms with E-state index in [-0.39, 0.29) is 12.6 Å². The third-order valence-electron chi connectivity index (χ3n) is 2.81. The van der Waals surface area contributed by atoms with E-state index in [0.29, 0.717) is 0 Å². The highest BCUT2D eigenvalue weighted by Gasteiger charge is 2.04. The van der Waals surface area contributed by atoms with Gasteiger partial charge in [-0.2, -0.15) is 5.10 Å². The van der Waals surface area contributed by atoms with E-state index in [2.05, 4.69) is 40.6 Å². The van der Waals surface area contributed by atoms with Gasteiger partial charge in [0.1, 0.15) is 0 Å². The van der Waals surface area contributed by atoms with Gasteiger partial charge in [-0.1, -0.05) is 19.1 Å². The summed E-state index contributed by atoms with van der Waals surface area (Å²) in [5.41, 5.74) is 2.25. The van der Waals surface area contributed by atoms with E-state index >= 15 is 0 Å². The normalized spacial score (nSPS) is 13.1. The van der Waals surface area contributed by atoms with Crippen LogP contribution in [-0.4, -0.2) is 28.0 Å². The first-order valence-corrected chi connectivity index (χ1v) is 5.59. The molecule has 0 aliphatic heterocycles. The molecule has 1 heterocycles. The largest absolute Gasteiger partial charge is 0.395 e. The first kappa shape index (κ1) is 11.1. The summed E-state index contributed by atoms with van der Waals surface area (Å²) in [4.78, 5) is 0. The molecular formula is C12H17N3O. The lowest BCUT2D eigenvalue weighted by atomic mass is 10.1. The molecule has 0 saturated heterocycles. The van der Waals surface area contributed by atoms with Crippen molar-refractivity contribution in [3.8, 4) is 0 Å². The van der Waals surface area contributed by atoms with Gasteiger partial charge in [-0.3, -0.25) is 5.10 Å². The van der Waals surface area contributed by atoms with Crippen molar-refractivity contribution in [1.82, 2.24) is 15.5 Å². The SMILES string of the molecule is CCC(CO)NCc1ccc2cn[nH]c2c1. The summed E-state index contributed by atoms with van der Waals surface area (Å²) in [6.45, 7) is 3.02. The Bertz CT molecular complexity index is 448. The number of nitrogens with one attached hydrogen (secondary N) is 2. The molecule has 0 bridgehead atoms. The minimum absolute atomic E-state index is 0.178. The van der Waals surface area contributed by atoms with Gasteiger partial charge in [0.25, 0.3) is 0 Å². The maximum Gasteiger partial charge on any atom is 0.0653 e. The molecule has 0 radical (unpaired) electrons. The zero-order valence-electron chi connectivity index (χ0n) is 9.40. The number of nitrogens with zero attached hydrogens (tertiary/aromatic N) is 1. The molecule has 0 saturated carbocycles. The second-order valence-corrected chi connectivity index (χ2v) is 3.96. The van der Waals surface area contributed by atoms with Crippen molar-refractivity contribution >= 4 is 10.9 Å². The Morgan fingerprint density at radius 2 is 2.38 bits per heavy atom. The second-order valence-electron chi connectivity index (χ2n) is 3.96. The number of benzene rings is 1. The molecule has 0 spiro atoms. The molecule has 0 aliphatic carbocycles. The van der Waals surface area contributed by atoms with Crippen molar-refractivity contribution in [1.29, 1.82) is 0 Å². The highest BCUT2D eigenvalue weighted by Crippen LogP contribution is 2.12. The Morgan fingerprint density at radius 3 is 3.12 bits per heavy atom. The number of H-pyrrole nitrogens is 1. The van der Waals surface area contributed by atoms with Gasteiger partial charge in [0.05, 0.1) is 18.3 Å². The molecule has 0 fully saturated rings. The van der Waals surface area contributed by atoms with Gasteiger partial charge in [0.2, 0.25) is 0 Å². The third-order valence-corrected chi connectivity index (χ3v) is 2.81. The van der Waals surface area contributed by atoms with Gasteiger partial charge >= 0.3 is 0 Å². The summed E-state index contributed by atoms with van der Waals surface area (Å²) in [6, 6.07) is 6.39. The maximum atomic E-state index is 9.06. The van der Waals surface area contributed by atoms with Crippen LogP contribution in [0.3, 0.4) is 0 Å². The molecule has 1 aromatic carbocycles. The molecule has 16 heavy (non-hydrogen) atoms. The lowest BCUT2D eigenvalue weighted by molar-refractivity contribution is 0.238. The number of aliphatic hydroxyl groups is 1. The van der Waals surface area contributed by atoms with Crippen molar-refractivity contribution in [3.05, 3.63) is 30.0 Å². The maximum absolute atomic E-state index is 9.06. The van der Waals surface area contributed by atoms with Crippen LogP contribution in [0, 0.1) is 0 Å². The molecule has 86 valence electrons. The molecule has 0 amide bonds. The number of aliphatic hydroxyl groups excluding tert-OH is 1. The van der Waals surface area contributed by atoms with Crippen molar-refractivity contribution in [2.24, 2.45) is 0 Å². The van der Waals surface area contributed by atoms with Gasteiger partial charge in [-0.15, -0.1) is 0 Å². The predicted octanol–water partition coefficient (Wildman–Crippen LogP) is 1.42. The van der Waals surface area contributed by atoms with Gasteiger partial charge in [0.15, 0.2) is 0 Å². The molecule has 2 aromatic rings. The van der Waals surface area contributed by atoms with Crippen LogP contribution < -0.4 is 5.32 Å². The molecule has 4 heteroatoms. The van der Waals surface area contributed by atoms with Gasteiger partial charge in [0, 0.05) is 18.0 Å². The van der Waals surface area contributed by atoms with Crippen LogP contribution in [0.25, 0.3) is 10.9 Å². The Balaban J connectivity index is 2.03. The van der Waals surface area contributed by atoms with Gasteiger partial charge < -0.3 is 10.4 Å². The smallest absolute Gasteiger partial charge is 0.0653 e. The monoisotopic (exact) mass is 219 g/mol. The summed E-state index contributed by atoms with van der Waals surface area (Å²) in [7, 11) is 0. The van der Waals surface area contributed by atoms with Crippen LogP contribution in [0.4, 0.5) is 0 Å². The molecule has 1 unspecified atom stereocenters. The number of aromatic amines is 1. The second kappa shape index (κ2) is 5.09. The van der Waals surface area contributed by atoms with E-state index in [1.165, 1.54) is 5.56 Å². The first-order chi connectivity index (χ1) is 7.83. The average molecular weight is 219 g/mol. The molecule has 1 atom stereocenters. The highest BCUT2D eigenvalue weighted by atomic mass is 16.3. The van der Waals surface area contributed by atoms with Crippen molar-refractivity contribution in [2.75, 3.05) is 6.61 Å².